The van der Waals surface area contributed by atoms with Crippen molar-refractivity contribution in [1.82, 2.24) is 4.90 Å². The summed E-state index contributed by atoms with van der Waals surface area (Å²) in [5.74, 6) is -0.778. The molecule has 2 aliphatic heterocycles. The van der Waals surface area contributed by atoms with Gasteiger partial charge in [-0.15, -0.1) is 0 Å². The van der Waals surface area contributed by atoms with Crippen molar-refractivity contribution in [2.45, 2.75) is 30.8 Å². The Morgan fingerprint density at radius 1 is 1.17 bits per heavy atom. The summed E-state index contributed by atoms with van der Waals surface area (Å²) in [6.45, 7) is 0.894. The van der Waals surface area contributed by atoms with E-state index in [1.807, 2.05) is 24.3 Å². The number of likely N-dealkylation sites (tertiary alicyclic amines) is 1. The van der Waals surface area contributed by atoms with Crippen LogP contribution in [0.3, 0.4) is 0 Å². The molecule has 0 unspecified atom stereocenters. The van der Waals surface area contributed by atoms with Crippen molar-refractivity contribution < 1.29 is 19.0 Å². The second-order valence-electron chi connectivity index (χ2n) is 7.58. The first-order valence-electron chi connectivity index (χ1n) is 9.91. The Balaban J connectivity index is 1.56. The minimum absolute atomic E-state index is 0.0712. The van der Waals surface area contributed by atoms with Crippen LogP contribution in [0.1, 0.15) is 24.3 Å². The van der Waals surface area contributed by atoms with E-state index in [-0.39, 0.29) is 30.2 Å². The predicted molar refractivity (Wildman–Crippen MR) is 105 cm³/mol. The first kappa shape index (κ1) is 19.6. The van der Waals surface area contributed by atoms with Gasteiger partial charge in [0.2, 0.25) is 5.91 Å². The molecule has 3 atom stereocenters. The SMILES string of the molecule is N#C[C@H]1[C@H](c2ccc(-c3ccccc3F)cc2)[C@@H](CO)N1C(=O)C1CCOCC1. The fourth-order valence-corrected chi connectivity index (χ4v) is 4.45. The zero-order chi connectivity index (χ0) is 20.4. The average Bonchev–Trinajstić information content (AvgIpc) is 2.75. The number of hydrogen-bond donors (Lipinski definition) is 1. The van der Waals surface area contributed by atoms with Gasteiger partial charge in [0.1, 0.15) is 11.9 Å². The molecular weight excluding hydrogens is 371 g/mol. The lowest BCUT2D eigenvalue weighted by Gasteiger charge is -2.52. The van der Waals surface area contributed by atoms with Gasteiger partial charge >= 0.3 is 0 Å². The minimum atomic E-state index is -0.609. The molecule has 2 fully saturated rings. The Morgan fingerprint density at radius 2 is 1.86 bits per heavy atom. The summed E-state index contributed by atoms with van der Waals surface area (Å²) >= 11 is 0. The molecule has 1 N–H and O–H groups in total. The summed E-state index contributed by atoms with van der Waals surface area (Å²) in [5, 5.41) is 19.7. The summed E-state index contributed by atoms with van der Waals surface area (Å²) < 4.78 is 19.4. The molecule has 5 nitrogen and oxygen atoms in total. The van der Waals surface area contributed by atoms with E-state index in [2.05, 4.69) is 6.07 Å². The van der Waals surface area contributed by atoms with E-state index in [4.69, 9.17) is 4.74 Å². The van der Waals surface area contributed by atoms with Gasteiger partial charge in [-0.1, -0.05) is 42.5 Å². The first-order valence-corrected chi connectivity index (χ1v) is 9.91. The Bertz CT molecular complexity index is 918. The molecule has 2 saturated heterocycles. The number of carbonyl (C=O) groups excluding carboxylic acids is 1. The van der Waals surface area contributed by atoms with Crippen LogP contribution in [0.5, 0.6) is 0 Å². The molecule has 0 bridgehead atoms. The van der Waals surface area contributed by atoms with Gasteiger partial charge in [-0.2, -0.15) is 5.26 Å². The Hall–Kier alpha value is -2.75. The number of benzene rings is 2. The van der Waals surface area contributed by atoms with Gasteiger partial charge in [-0.05, 0) is 30.0 Å². The van der Waals surface area contributed by atoms with Crippen molar-refractivity contribution >= 4 is 5.91 Å². The molecule has 150 valence electrons. The second-order valence-corrected chi connectivity index (χ2v) is 7.58. The molecule has 2 aliphatic rings. The highest BCUT2D eigenvalue weighted by atomic mass is 19.1. The molecule has 2 aromatic carbocycles. The second kappa shape index (κ2) is 8.32. The van der Waals surface area contributed by atoms with Crippen molar-refractivity contribution in [2.75, 3.05) is 19.8 Å². The summed E-state index contributed by atoms with van der Waals surface area (Å²) in [7, 11) is 0. The molecule has 0 aliphatic carbocycles. The van der Waals surface area contributed by atoms with Crippen LogP contribution in [0.2, 0.25) is 0 Å². The molecule has 0 spiro atoms. The van der Waals surface area contributed by atoms with Crippen LogP contribution in [0, 0.1) is 23.1 Å². The number of nitrogens with zero attached hydrogens (tertiary/aromatic N) is 2. The number of hydrogen-bond acceptors (Lipinski definition) is 4. The largest absolute Gasteiger partial charge is 0.394 e. The normalized spacial score (nSPS) is 24.6. The predicted octanol–water partition coefficient (Wildman–Crippen LogP) is 3.10. The summed E-state index contributed by atoms with van der Waals surface area (Å²) in [6.07, 6.45) is 1.29. The van der Waals surface area contributed by atoms with E-state index in [1.165, 1.54) is 6.07 Å². The molecular formula is C23H23FN2O3. The lowest BCUT2D eigenvalue weighted by atomic mass is 9.74. The molecule has 4 rings (SSSR count). The molecule has 6 heteroatoms. The molecule has 1 amide bonds. The van der Waals surface area contributed by atoms with Gasteiger partial charge < -0.3 is 14.7 Å². The molecule has 0 radical (unpaired) electrons. The maximum absolute atomic E-state index is 14.0. The van der Waals surface area contributed by atoms with Crippen LogP contribution in [-0.2, 0) is 9.53 Å². The van der Waals surface area contributed by atoms with Crippen molar-refractivity contribution in [3.8, 4) is 17.2 Å². The van der Waals surface area contributed by atoms with Gasteiger partial charge in [0, 0.05) is 30.6 Å². The van der Waals surface area contributed by atoms with Gasteiger partial charge in [0.05, 0.1) is 18.7 Å². The van der Waals surface area contributed by atoms with Crippen LogP contribution in [0.25, 0.3) is 11.1 Å². The van der Waals surface area contributed by atoms with E-state index < -0.39 is 12.1 Å². The van der Waals surface area contributed by atoms with E-state index in [9.17, 15) is 19.6 Å². The number of ether oxygens (including phenoxy) is 1. The Morgan fingerprint density at radius 3 is 2.48 bits per heavy atom. The van der Waals surface area contributed by atoms with E-state index in [1.54, 1.807) is 23.1 Å². The monoisotopic (exact) mass is 394 g/mol. The Labute approximate surface area is 169 Å². The highest BCUT2D eigenvalue weighted by molar-refractivity contribution is 5.81. The zero-order valence-electron chi connectivity index (χ0n) is 16.0. The number of carbonyl (C=O) groups is 1. The van der Waals surface area contributed by atoms with Crippen molar-refractivity contribution in [2.24, 2.45) is 5.92 Å². The standard InChI is InChI=1S/C23H23FN2O3/c24-19-4-2-1-3-18(19)15-5-7-16(8-6-15)22-20(13-25)26(21(22)14-27)23(28)17-9-11-29-12-10-17/h1-8,17,20-22,27H,9-12,14H2/t20-,21+,22-/m0/s1. The number of amides is 1. The third-order valence-electron chi connectivity index (χ3n) is 6.04. The minimum Gasteiger partial charge on any atom is -0.394 e. The van der Waals surface area contributed by atoms with E-state index >= 15 is 0 Å². The van der Waals surface area contributed by atoms with Crippen molar-refractivity contribution in [3.63, 3.8) is 0 Å². The van der Waals surface area contributed by atoms with Gasteiger partial charge in [-0.25, -0.2) is 4.39 Å². The molecule has 2 heterocycles. The Kier molecular flexibility index (Phi) is 5.61. The summed E-state index contributed by atoms with van der Waals surface area (Å²) in [4.78, 5) is 14.5. The van der Waals surface area contributed by atoms with Crippen LogP contribution in [0.4, 0.5) is 4.39 Å². The summed E-state index contributed by atoms with van der Waals surface area (Å²) in [6, 6.07) is 15.1. The number of halogens is 1. The fourth-order valence-electron chi connectivity index (χ4n) is 4.45. The van der Waals surface area contributed by atoms with Crippen LogP contribution in [0.15, 0.2) is 48.5 Å². The molecule has 0 saturated carbocycles. The van der Waals surface area contributed by atoms with Crippen LogP contribution >= 0.6 is 0 Å². The number of nitriles is 1. The smallest absolute Gasteiger partial charge is 0.227 e. The van der Waals surface area contributed by atoms with Crippen molar-refractivity contribution in [3.05, 3.63) is 59.9 Å². The van der Waals surface area contributed by atoms with Crippen LogP contribution in [-0.4, -0.2) is 47.8 Å². The molecule has 2 aromatic rings. The van der Waals surface area contributed by atoms with Gasteiger partial charge in [-0.3, -0.25) is 4.79 Å². The van der Waals surface area contributed by atoms with E-state index in [0.717, 1.165) is 11.1 Å². The third-order valence-corrected chi connectivity index (χ3v) is 6.04. The lowest BCUT2D eigenvalue weighted by molar-refractivity contribution is -0.154. The first-order chi connectivity index (χ1) is 14.2. The zero-order valence-corrected chi connectivity index (χ0v) is 16.0. The lowest BCUT2D eigenvalue weighted by Crippen LogP contribution is -2.66. The maximum Gasteiger partial charge on any atom is 0.227 e. The topological polar surface area (TPSA) is 73.6 Å². The third kappa shape index (κ3) is 3.52. The number of aliphatic hydroxyl groups is 1. The highest BCUT2D eigenvalue weighted by Crippen LogP contribution is 2.42. The number of rotatable bonds is 4. The molecule has 29 heavy (non-hydrogen) atoms. The molecule has 0 aromatic heterocycles. The van der Waals surface area contributed by atoms with Crippen molar-refractivity contribution in [1.29, 1.82) is 5.26 Å². The van der Waals surface area contributed by atoms with Crippen LogP contribution < -0.4 is 0 Å². The number of aliphatic hydroxyl groups excluding tert-OH is 1. The highest BCUT2D eigenvalue weighted by Gasteiger charge is 2.52. The van der Waals surface area contributed by atoms with E-state index in [0.29, 0.717) is 31.6 Å². The fraction of sp³-hybridized carbons (Fsp3) is 0.391. The quantitative estimate of drug-likeness (QED) is 0.865. The average molecular weight is 394 g/mol. The van der Waals surface area contributed by atoms with Gasteiger partial charge in [0.15, 0.2) is 0 Å². The maximum atomic E-state index is 14.0. The summed E-state index contributed by atoms with van der Waals surface area (Å²) in [5.41, 5.74) is 2.13. The van der Waals surface area contributed by atoms with Gasteiger partial charge in [0.25, 0.3) is 0 Å².